The van der Waals surface area contributed by atoms with Gasteiger partial charge in [0.15, 0.2) is 5.69 Å². The van der Waals surface area contributed by atoms with Crippen molar-refractivity contribution in [2.45, 2.75) is 53.0 Å². The summed E-state index contributed by atoms with van der Waals surface area (Å²) in [5.74, 6) is 0.745. The van der Waals surface area contributed by atoms with Crippen molar-refractivity contribution in [3.05, 3.63) is 17.8 Å². The van der Waals surface area contributed by atoms with E-state index in [1.165, 1.54) is 6.42 Å². The quantitative estimate of drug-likeness (QED) is 0.863. The smallest absolute Gasteiger partial charge is 0.165 e. The van der Waals surface area contributed by atoms with Gasteiger partial charge in [0.2, 0.25) is 0 Å². The van der Waals surface area contributed by atoms with E-state index in [9.17, 15) is 0 Å². The number of nitrogens with zero attached hydrogens (tertiary/aromatic N) is 2. The van der Waals surface area contributed by atoms with E-state index in [1.807, 2.05) is 12.1 Å². The molecule has 1 aliphatic rings. The molecule has 108 valence electrons. The zero-order chi connectivity index (χ0) is 15.0. The van der Waals surface area contributed by atoms with Crippen LogP contribution in [0.2, 0.25) is 0 Å². The number of nitrogens with two attached hydrogens (primary N) is 1. The highest BCUT2D eigenvalue weighted by Gasteiger charge is 2.38. The predicted molar refractivity (Wildman–Crippen MR) is 82.2 cm³/mol. The van der Waals surface area contributed by atoms with E-state index >= 15 is 0 Å². The van der Waals surface area contributed by atoms with E-state index in [4.69, 9.17) is 11.0 Å². The molecular weight excluding hydrogens is 248 g/mol. The normalized spacial score (nSPS) is 21.1. The molecule has 0 atom stereocenters. The van der Waals surface area contributed by atoms with Gasteiger partial charge in [-0.2, -0.15) is 5.26 Å². The Morgan fingerprint density at radius 1 is 1.25 bits per heavy atom. The summed E-state index contributed by atoms with van der Waals surface area (Å²) in [7, 11) is 0. The first-order valence-corrected chi connectivity index (χ1v) is 7.14. The Morgan fingerprint density at radius 3 is 2.40 bits per heavy atom. The minimum absolute atomic E-state index is 0.296. The second kappa shape index (κ2) is 4.97. The summed E-state index contributed by atoms with van der Waals surface area (Å²) < 4.78 is 0. The van der Waals surface area contributed by atoms with Gasteiger partial charge in [0.05, 0.1) is 5.69 Å². The lowest BCUT2D eigenvalue weighted by Gasteiger charge is -2.45. The summed E-state index contributed by atoms with van der Waals surface area (Å²) in [6.45, 7) is 9.28. The lowest BCUT2D eigenvalue weighted by molar-refractivity contribution is 0.105. The maximum atomic E-state index is 8.99. The molecular formula is C16H24N4. The van der Waals surface area contributed by atoms with Crippen LogP contribution in [0.1, 0.15) is 52.7 Å². The molecule has 0 radical (unpaired) electrons. The Hall–Kier alpha value is -1.76. The van der Waals surface area contributed by atoms with E-state index in [-0.39, 0.29) is 0 Å². The SMILES string of the molecule is CC1(C)CC(Nc2ccc(N)c(C#N)n2)CC(C)(C)C1. The first kappa shape index (κ1) is 14.6. The number of aromatic nitrogens is 1. The largest absolute Gasteiger partial charge is 0.396 e. The number of pyridine rings is 1. The second-order valence-electron chi connectivity index (χ2n) is 7.50. The molecule has 3 N–H and O–H groups in total. The number of rotatable bonds is 2. The molecule has 20 heavy (non-hydrogen) atoms. The lowest BCUT2D eigenvalue weighted by atomic mass is 9.63. The number of nitrogens with one attached hydrogen (secondary N) is 1. The molecule has 0 saturated heterocycles. The third kappa shape index (κ3) is 3.41. The minimum Gasteiger partial charge on any atom is -0.396 e. The first-order valence-electron chi connectivity index (χ1n) is 7.14. The van der Waals surface area contributed by atoms with Gasteiger partial charge in [0.25, 0.3) is 0 Å². The van der Waals surface area contributed by atoms with Gasteiger partial charge in [-0.1, -0.05) is 27.7 Å². The van der Waals surface area contributed by atoms with Crippen molar-refractivity contribution < 1.29 is 0 Å². The van der Waals surface area contributed by atoms with Crippen molar-refractivity contribution in [2.24, 2.45) is 10.8 Å². The Morgan fingerprint density at radius 2 is 1.85 bits per heavy atom. The van der Waals surface area contributed by atoms with Crippen molar-refractivity contribution in [1.29, 1.82) is 5.26 Å². The third-order valence-corrected chi connectivity index (χ3v) is 3.94. The highest BCUT2D eigenvalue weighted by Crippen LogP contribution is 2.46. The summed E-state index contributed by atoms with van der Waals surface area (Å²) in [6, 6.07) is 6.01. The average molecular weight is 272 g/mol. The van der Waals surface area contributed by atoms with E-state index in [2.05, 4.69) is 38.0 Å². The average Bonchev–Trinajstić information content (AvgIpc) is 2.27. The summed E-state index contributed by atoms with van der Waals surface area (Å²) >= 11 is 0. The van der Waals surface area contributed by atoms with Gasteiger partial charge in [-0.15, -0.1) is 0 Å². The molecule has 0 aliphatic heterocycles. The highest BCUT2D eigenvalue weighted by atomic mass is 15.0. The van der Waals surface area contributed by atoms with Crippen LogP contribution in [0.4, 0.5) is 11.5 Å². The van der Waals surface area contributed by atoms with Crippen molar-refractivity contribution >= 4 is 11.5 Å². The van der Waals surface area contributed by atoms with Gasteiger partial charge in [-0.25, -0.2) is 4.98 Å². The molecule has 0 unspecified atom stereocenters. The molecule has 2 rings (SSSR count). The monoisotopic (exact) mass is 272 g/mol. The Bertz CT molecular complexity index is 524. The maximum Gasteiger partial charge on any atom is 0.165 e. The van der Waals surface area contributed by atoms with Gasteiger partial charge in [0.1, 0.15) is 11.9 Å². The fourth-order valence-electron chi connectivity index (χ4n) is 3.80. The summed E-state index contributed by atoms with van der Waals surface area (Å²) in [4.78, 5) is 4.28. The highest BCUT2D eigenvalue weighted by molar-refractivity contribution is 5.54. The van der Waals surface area contributed by atoms with Crippen LogP contribution >= 0.6 is 0 Å². The Labute approximate surface area is 121 Å². The minimum atomic E-state index is 0.296. The molecule has 1 aromatic rings. The number of hydrogen-bond donors (Lipinski definition) is 2. The molecule has 1 aromatic heterocycles. The van der Waals surface area contributed by atoms with Crippen molar-refractivity contribution in [3.8, 4) is 6.07 Å². The van der Waals surface area contributed by atoms with Crippen molar-refractivity contribution in [2.75, 3.05) is 11.1 Å². The van der Waals surface area contributed by atoms with Gasteiger partial charge < -0.3 is 11.1 Å². The molecule has 0 bridgehead atoms. The zero-order valence-corrected chi connectivity index (χ0v) is 12.8. The van der Waals surface area contributed by atoms with Crippen LogP contribution in [0.15, 0.2) is 12.1 Å². The molecule has 0 aromatic carbocycles. The number of hydrogen-bond acceptors (Lipinski definition) is 4. The molecule has 0 spiro atoms. The van der Waals surface area contributed by atoms with Gasteiger partial charge in [-0.05, 0) is 42.2 Å². The van der Waals surface area contributed by atoms with Crippen molar-refractivity contribution in [1.82, 2.24) is 4.98 Å². The van der Waals surface area contributed by atoms with Crippen LogP contribution in [0.3, 0.4) is 0 Å². The zero-order valence-electron chi connectivity index (χ0n) is 12.8. The first-order chi connectivity index (χ1) is 9.21. The van der Waals surface area contributed by atoms with Crippen LogP contribution in [-0.2, 0) is 0 Å². The van der Waals surface area contributed by atoms with Gasteiger partial charge in [0, 0.05) is 6.04 Å². The molecule has 4 heteroatoms. The lowest BCUT2D eigenvalue weighted by Crippen LogP contribution is -2.40. The topological polar surface area (TPSA) is 74.7 Å². The second-order valence-corrected chi connectivity index (χ2v) is 7.50. The fraction of sp³-hybridized carbons (Fsp3) is 0.625. The molecule has 4 nitrogen and oxygen atoms in total. The summed E-state index contributed by atoms with van der Waals surface area (Å²) in [6.07, 6.45) is 3.46. The number of anilines is 2. The molecule has 1 fully saturated rings. The molecule has 1 heterocycles. The van der Waals surface area contributed by atoms with Gasteiger partial charge >= 0.3 is 0 Å². The predicted octanol–water partition coefficient (Wildman–Crippen LogP) is 3.55. The van der Waals surface area contributed by atoms with Crippen LogP contribution in [0.25, 0.3) is 0 Å². The van der Waals surface area contributed by atoms with Crippen LogP contribution in [-0.4, -0.2) is 11.0 Å². The fourth-order valence-corrected chi connectivity index (χ4v) is 3.80. The van der Waals surface area contributed by atoms with E-state index in [1.54, 1.807) is 6.07 Å². The third-order valence-electron chi connectivity index (χ3n) is 3.94. The Balaban J connectivity index is 2.16. The maximum absolute atomic E-state index is 8.99. The van der Waals surface area contributed by atoms with E-state index in [0.29, 0.717) is 28.3 Å². The number of nitriles is 1. The molecule has 1 aliphatic carbocycles. The van der Waals surface area contributed by atoms with E-state index < -0.39 is 0 Å². The van der Waals surface area contributed by atoms with Crippen molar-refractivity contribution in [3.63, 3.8) is 0 Å². The van der Waals surface area contributed by atoms with Crippen LogP contribution in [0.5, 0.6) is 0 Å². The molecule has 0 amide bonds. The van der Waals surface area contributed by atoms with Gasteiger partial charge in [-0.3, -0.25) is 0 Å². The summed E-state index contributed by atoms with van der Waals surface area (Å²) in [5.41, 5.74) is 7.08. The Kier molecular flexibility index (Phi) is 3.64. The van der Waals surface area contributed by atoms with E-state index in [0.717, 1.165) is 18.7 Å². The summed E-state index contributed by atoms with van der Waals surface area (Å²) in [5, 5.41) is 12.5. The number of nitrogen functional groups attached to an aromatic ring is 1. The van der Waals surface area contributed by atoms with Crippen LogP contribution in [0, 0.1) is 22.2 Å². The molecule has 1 saturated carbocycles. The standard InChI is InChI=1S/C16H24N4/c1-15(2)7-11(8-16(3,4)10-15)19-14-6-5-12(18)13(9-17)20-14/h5-6,11H,7-8,10,18H2,1-4H3,(H,19,20). The van der Waals surface area contributed by atoms with Crippen LogP contribution < -0.4 is 11.1 Å².